The van der Waals surface area contributed by atoms with Crippen LogP contribution < -0.4 is 20.4 Å². The number of rotatable bonds is 7. The largest absolute Gasteiger partial charge is 0.389 e. The normalized spacial score (nSPS) is 16.5. The Morgan fingerprint density at radius 1 is 0.952 bits per heavy atom. The molecule has 2 unspecified atom stereocenters. The lowest BCUT2D eigenvalue weighted by Gasteiger charge is -2.27. The van der Waals surface area contributed by atoms with Gasteiger partial charge in [-0.05, 0) is 79.5 Å². The minimum Gasteiger partial charge on any atom is -0.389 e. The Bertz CT molecular complexity index is 1650. The number of anilines is 2. The summed E-state index contributed by atoms with van der Waals surface area (Å²) in [5.41, 5.74) is 4.16. The van der Waals surface area contributed by atoms with Gasteiger partial charge in [0, 0.05) is 5.56 Å². The van der Waals surface area contributed by atoms with Crippen LogP contribution in [0.2, 0.25) is 0 Å². The van der Waals surface area contributed by atoms with E-state index in [0.29, 0.717) is 22.5 Å². The van der Waals surface area contributed by atoms with E-state index < -0.39 is 18.2 Å². The van der Waals surface area contributed by atoms with Gasteiger partial charge in [-0.2, -0.15) is 0 Å². The van der Waals surface area contributed by atoms with Crippen LogP contribution in [-0.4, -0.2) is 48.5 Å². The minimum atomic E-state index is -1.00. The van der Waals surface area contributed by atoms with Crippen molar-refractivity contribution in [3.8, 4) is 0 Å². The molecule has 8 nitrogen and oxygen atoms in total. The third-order valence-corrected chi connectivity index (χ3v) is 7.99. The van der Waals surface area contributed by atoms with Gasteiger partial charge in [0.25, 0.3) is 11.8 Å². The van der Waals surface area contributed by atoms with Gasteiger partial charge in [-0.25, -0.2) is 0 Å². The molecule has 0 saturated heterocycles. The molecule has 5 rings (SSSR count). The van der Waals surface area contributed by atoms with Gasteiger partial charge in [-0.15, -0.1) is 0 Å². The number of carbonyl (C=O) groups excluding carboxylic acids is 3. The summed E-state index contributed by atoms with van der Waals surface area (Å²) < 4.78 is 0. The molecule has 0 aromatic heterocycles. The second kappa shape index (κ2) is 12.1. The standard InChI is InChI=1S/C34H36N4O4/c1-21-16-17-24-10-5-6-13-27(24)28(21)19-37-30-14-7-8-15-31(30)38(20-29(34(37)42)36-32(40)22(2)35-4)33(41)26-12-9-11-25(18-26)23(3)39/h5-18,22-23,29,35,39H,19-20H2,1-4H3,(H,36,40)/t22?,23?,29-/m0/s1. The number of nitrogens with one attached hydrogen (secondary N) is 2. The first kappa shape index (κ1) is 29.0. The number of carbonyl (C=O) groups is 3. The molecule has 4 aromatic carbocycles. The van der Waals surface area contributed by atoms with Gasteiger partial charge in [-0.1, -0.05) is 60.7 Å². The maximum absolute atomic E-state index is 14.4. The Balaban J connectivity index is 1.64. The molecule has 3 amide bonds. The summed E-state index contributed by atoms with van der Waals surface area (Å²) >= 11 is 0. The molecule has 1 aliphatic rings. The third kappa shape index (κ3) is 5.64. The fourth-order valence-electron chi connectivity index (χ4n) is 5.38. The summed E-state index contributed by atoms with van der Waals surface area (Å²) in [4.78, 5) is 44.8. The van der Waals surface area contributed by atoms with E-state index in [1.54, 1.807) is 55.0 Å². The number of likely N-dealkylation sites (N-methyl/N-ethyl adjacent to an activating group) is 1. The summed E-state index contributed by atoms with van der Waals surface area (Å²) in [6, 6.07) is 24.8. The van der Waals surface area contributed by atoms with Gasteiger partial charge in [0.1, 0.15) is 6.04 Å². The van der Waals surface area contributed by atoms with Crippen LogP contribution in [0.25, 0.3) is 10.8 Å². The van der Waals surface area contributed by atoms with Gasteiger partial charge in [0.05, 0.1) is 36.6 Å². The van der Waals surface area contributed by atoms with Crippen molar-refractivity contribution in [2.75, 3.05) is 23.4 Å². The Morgan fingerprint density at radius 3 is 2.40 bits per heavy atom. The van der Waals surface area contributed by atoms with E-state index >= 15 is 0 Å². The molecule has 42 heavy (non-hydrogen) atoms. The van der Waals surface area contributed by atoms with E-state index in [0.717, 1.165) is 21.9 Å². The number of hydrogen-bond acceptors (Lipinski definition) is 5. The quantitative estimate of drug-likeness (QED) is 0.307. The molecule has 4 aromatic rings. The first-order chi connectivity index (χ1) is 20.2. The molecule has 8 heteroatoms. The molecule has 0 spiro atoms. The van der Waals surface area contributed by atoms with E-state index in [-0.39, 0.29) is 30.8 Å². The number of benzene rings is 4. The summed E-state index contributed by atoms with van der Waals surface area (Å²) in [5, 5.41) is 18.1. The van der Waals surface area contributed by atoms with Gasteiger partial charge in [0.15, 0.2) is 0 Å². The maximum atomic E-state index is 14.4. The van der Waals surface area contributed by atoms with Gasteiger partial charge in [-0.3, -0.25) is 14.4 Å². The molecule has 0 radical (unpaired) electrons. The lowest BCUT2D eigenvalue weighted by atomic mass is 9.99. The predicted molar refractivity (Wildman–Crippen MR) is 166 cm³/mol. The molecule has 3 atom stereocenters. The lowest BCUT2D eigenvalue weighted by molar-refractivity contribution is -0.128. The van der Waals surface area contributed by atoms with Crippen molar-refractivity contribution in [1.29, 1.82) is 0 Å². The van der Waals surface area contributed by atoms with E-state index in [9.17, 15) is 19.5 Å². The fraction of sp³-hybridized carbons (Fsp3) is 0.265. The van der Waals surface area contributed by atoms with E-state index in [1.807, 2.05) is 61.5 Å². The zero-order valence-corrected chi connectivity index (χ0v) is 24.3. The molecule has 1 heterocycles. The van der Waals surface area contributed by atoms with Crippen molar-refractivity contribution in [3.05, 3.63) is 107 Å². The highest BCUT2D eigenvalue weighted by Gasteiger charge is 2.38. The summed E-state index contributed by atoms with van der Waals surface area (Å²) in [7, 11) is 1.68. The SMILES string of the molecule is CNC(C)C(=O)N[C@H]1CN(C(=O)c2cccc(C(C)O)c2)c2ccccc2N(Cc2c(C)ccc3ccccc23)C1=O. The molecule has 3 N–H and O–H groups in total. The number of para-hydroxylation sites is 2. The zero-order valence-electron chi connectivity index (χ0n) is 24.3. The highest BCUT2D eigenvalue weighted by molar-refractivity contribution is 6.13. The maximum Gasteiger partial charge on any atom is 0.258 e. The van der Waals surface area contributed by atoms with Gasteiger partial charge >= 0.3 is 0 Å². The summed E-state index contributed by atoms with van der Waals surface area (Å²) in [5.74, 6) is -0.979. The number of nitrogens with zero attached hydrogens (tertiary/aromatic N) is 2. The van der Waals surface area contributed by atoms with Crippen LogP contribution in [0.3, 0.4) is 0 Å². The van der Waals surface area contributed by atoms with Crippen molar-refractivity contribution in [1.82, 2.24) is 10.6 Å². The first-order valence-corrected chi connectivity index (χ1v) is 14.1. The average Bonchev–Trinajstić information content (AvgIpc) is 3.12. The molecule has 0 aliphatic carbocycles. The lowest BCUT2D eigenvalue weighted by Crippen LogP contribution is -2.55. The summed E-state index contributed by atoms with van der Waals surface area (Å²) in [6.07, 6.45) is -0.745. The van der Waals surface area contributed by atoms with Gasteiger partial charge in [0.2, 0.25) is 5.91 Å². The summed E-state index contributed by atoms with van der Waals surface area (Å²) in [6.45, 7) is 5.59. The van der Waals surface area contributed by atoms with Crippen molar-refractivity contribution in [3.63, 3.8) is 0 Å². The Kier molecular flexibility index (Phi) is 8.38. The topological polar surface area (TPSA) is 102 Å². The number of hydrogen-bond donors (Lipinski definition) is 3. The third-order valence-electron chi connectivity index (χ3n) is 7.99. The molecule has 1 aliphatic heterocycles. The Hall–Kier alpha value is -4.53. The Morgan fingerprint density at radius 2 is 1.67 bits per heavy atom. The van der Waals surface area contributed by atoms with Crippen molar-refractivity contribution < 1.29 is 19.5 Å². The molecular formula is C34H36N4O4. The van der Waals surface area contributed by atoms with E-state index in [2.05, 4.69) is 16.7 Å². The second-order valence-electron chi connectivity index (χ2n) is 10.8. The monoisotopic (exact) mass is 564 g/mol. The number of aliphatic hydroxyl groups excluding tert-OH is 1. The van der Waals surface area contributed by atoms with Crippen molar-refractivity contribution in [2.45, 2.75) is 45.5 Å². The first-order valence-electron chi connectivity index (χ1n) is 14.1. The average molecular weight is 565 g/mol. The van der Waals surface area contributed by atoms with Crippen LogP contribution in [0.1, 0.15) is 47.0 Å². The van der Waals surface area contributed by atoms with Crippen LogP contribution in [0.15, 0.2) is 84.9 Å². The van der Waals surface area contributed by atoms with Crippen LogP contribution in [0.4, 0.5) is 11.4 Å². The zero-order chi connectivity index (χ0) is 30.0. The number of aliphatic hydroxyl groups is 1. The number of aryl methyl sites for hydroxylation is 1. The van der Waals surface area contributed by atoms with Crippen molar-refractivity contribution >= 4 is 39.9 Å². The van der Waals surface area contributed by atoms with Crippen LogP contribution >= 0.6 is 0 Å². The van der Waals surface area contributed by atoms with Gasteiger partial charge < -0.3 is 25.5 Å². The van der Waals surface area contributed by atoms with Crippen LogP contribution in [0, 0.1) is 6.92 Å². The molecule has 0 fully saturated rings. The highest BCUT2D eigenvalue weighted by Crippen LogP contribution is 2.36. The van der Waals surface area contributed by atoms with E-state index in [4.69, 9.17) is 0 Å². The highest BCUT2D eigenvalue weighted by atomic mass is 16.3. The van der Waals surface area contributed by atoms with Crippen LogP contribution in [0.5, 0.6) is 0 Å². The molecular weight excluding hydrogens is 528 g/mol. The second-order valence-corrected chi connectivity index (χ2v) is 10.8. The Labute approximate surface area is 245 Å². The number of amides is 3. The van der Waals surface area contributed by atoms with E-state index in [1.165, 1.54) is 0 Å². The molecule has 0 saturated carbocycles. The smallest absolute Gasteiger partial charge is 0.258 e. The number of fused-ring (bicyclic) bond motifs is 2. The minimum absolute atomic E-state index is 0.0548. The molecule has 216 valence electrons. The van der Waals surface area contributed by atoms with Crippen molar-refractivity contribution in [2.24, 2.45) is 0 Å². The van der Waals surface area contributed by atoms with Crippen LogP contribution in [-0.2, 0) is 16.1 Å². The predicted octanol–water partition coefficient (Wildman–Crippen LogP) is 4.49. The fourth-order valence-corrected chi connectivity index (χ4v) is 5.38. The molecule has 0 bridgehead atoms.